The molecule has 0 unspecified atom stereocenters. The topological polar surface area (TPSA) is 85.0 Å². The molecular weight excluding hydrogens is 306 g/mol. The van der Waals surface area contributed by atoms with Crippen LogP contribution in [0.5, 0.6) is 0 Å². The molecule has 0 aromatic carbocycles. The Bertz CT molecular complexity index is 718. The van der Waals surface area contributed by atoms with Gasteiger partial charge in [-0.25, -0.2) is 4.98 Å². The molecule has 130 valence electrons. The van der Waals surface area contributed by atoms with Gasteiger partial charge in [0.1, 0.15) is 5.76 Å². The Labute approximate surface area is 141 Å². The van der Waals surface area contributed by atoms with E-state index in [9.17, 15) is 4.79 Å². The normalized spacial score (nSPS) is 21.3. The van der Waals surface area contributed by atoms with Crippen LogP contribution in [-0.4, -0.2) is 26.7 Å². The van der Waals surface area contributed by atoms with Crippen LogP contribution in [0.15, 0.2) is 16.7 Å². The van der Waals surface area contributed by atoms with Gasteiger partial charge in [0, 0.05) is 31.6 Å². The van der Waals surface area contributed by atoms with Gasteiger partial charge in [-0.15, -0.1) is 0 Å². The number of hydrogen-bond donors (Lipinski definition) is 2. The van der Waals surface area contributed by atoms with E-state index in [2.05, 4.69) is 34.6 Å². The zero-order valence-electron chi connectivity index (χ0n) is 14.7. The van der Waals surface area contributed by atoms with Crippen molar-refractivity contribution in [3.8, 4) is 0 Å². The van der Waals surface area contributed by atoms with Crippen LogP contribution in [0.4, 0.5) is 0 Å². The summed E-state index contributed by atoms with van der Waals surface area (Å²) in [6.07, 6.45) is 3.10. The number of aryl methyl sites for hydroxylation is 2. The van der Waals surface area contributed by atoms with Gasteiger partial charge in [-0.1, -0.05) is 0 Å². The number of amides is 1. The van der Waals surface area contributed by atoms with Gasteiger partial charge in [-0.3, -0.25) is 9.48 Å². The number of hydrogen-bond acceptors (Lipinski definition) is 5. The van der Waals surface area contributed by atoms with Crippen molar-refractivity contribution < 1.29 is 9.21 Å². The molecular formula is C17H25N5O2. The smallest absolute Gasteiger partial charge is 0.220 e. The molecule has 1 aliphatic rings. The summed E-state index contributed by atoms with van der Waals surface area (Å²) >= 11 is 0. The number of rotatable bonds is 5. The van der Waals surface area contributed by atoms with Crippen LogP contribution < -0.4 is 10.6 Å². The zero-order valence-corrected chi connectivity index (χ0v) is 14.7. The zero-order chi connectivity index (χ0) is 17.3. The van der Waals surface area contributed by atoms with Crippen molar-refractivity contribution in [3.63, 3.8) is 0 Å². The van der Waals surface area contributed by atoms with E-state index in [0.717, 1.165) is 23.6 Å². The van der Waals surface area contributed by atoms with Crippen LogP contribution in [0.1, 0.15) is 61.8 Å². The fourth-order valence-electron chi connectivity index (χ4n) is 3.26. The number of piperidine rings is 1. The lowest BCUT2D eigenvalue weighted by atomic mass is 9.95. The monoisotopic (exact) mass is 331 g/mol. The minimum absolute atomic E-state index is 0.0845. The second kappa shape index (κ2) is 6.76. The third-order valence-electron chi connectivity index (χ3n) is 4.43. The molecule has 1 amide bonds. The molecule has 3 rings (SSSR count). The number of nitrogens with one attached hydrogen (secondary N) is 2. The van der Waals surface area contributed by atoms with Crippen LogP contribution in [0, 0.1) is 13.8 Å². The first kappa shape index (κ1) is 16.7. The molecule has 0 bridgehead atoms. The highest BCUT2D eigenvalue weighted by molar-refractivity contribution is 5.77. The van der Waals surface area contributed by atoms with Crippen molar-refractivity contribution in [1.29, 1.82) is 0 Å². The Kier molecular flexibility index (Phi) is 4.71. The highest BCUT2D eigenvalue weighted by Crippen LogP contribution is 2.26. The van der Waals surface area contributed by atoms with Crippen molar-refractivity contribution >= 4 is 5.91 Å². The summed E-state index contributed by atoms with van der Waals surface area (Å²) < 4.78 is 7.60. The summed E-state index contributed by atoms with van der Waals surface area (Å²) in [5.41, 5.74) is 1.93. The molecule has 1 aliphatic heterocycles. The van der Waals surface area contributed by atoms with Crippen molar-refractivity contribution in [3.05, 3.63) is 35.3 Å². The van der Waals surface area contributed by atoms with Crippen molar-refractivity contribution in [1.82, 2.24) is 25.4 Å². The molecule has 0 saturated carbocycles. The minimum Gasteiger partial charge on any atom is -0.444 e. The van der Waals surface area contributed by atoms with E-state index in [0.29, 0.717) is 18.9 Å². The molecule has 2 aromatic rings. The maximum absolute atomic E-state index is 11.9. The first-order valence-corrected chi connectivity index (χ1v) is 8.44. The Morgan fingerprint density at radius 1 is 1.46 bits per heavy atom. The van der Waals surface area contributed by atoms with Gasteiger partial charge >= 0.3 is 0 Å². The first-order valence-electron chi connectivity index (χ1n) is 8.44. The average molecular weight is 331 g/mol. The molecule has 7 nitrogen and oxygen atoms in total. The summed E-state index contributed by atoms with van der Waals surface area (Å²) in [4.78, 5) is 16.2. The summed E-state index contributed by atoms with van der Waals surface area (Å²) in [6, 6.07) is 2.25. The minimum atomic E-state index is -0.0968. The number of aromatic nitrogens is 3. The predicted molar refractivity (Wildman–Crippen MR) is 89.3 cm³/mol. The van der Waals surface area contributed by atoms with Crippen LogP contribution in [0.2, 0.25) is 0 Å². The van der Waals surface area contributed by atoms with Gasteiger partial charge in [0.05, 0.1) is 24.0 Å². The third kappa shape index (κ3) is 3.36. The lowest BCUT2D eigenvalue weighted by Gasteiger charge is -2.33. The lowest BCUT2D eigenvalue weighted by Crippen LogP contribution is -2.49. The first-order chi connectivity index (χ1) is 11.5. The van der Waals surface area contributed by atoms with E-state index in [-0.39, 0.29) is 24.0 Å². The SMILES string of the molecule is Cc1nc(C)c(CN[C@@H]2CCC(=O)N[C@H]2c2ccnn2C(C)C)o1. The average Bonchev–Trinajstić information content (AvgIpc) is 3.12. The van der Waals surface area contributed by atoms with Crippen LogP contribution >= 0.6 is 0 Å². The fourth-order valence-corrected chi connectivity index (χ4v) is 3.26. The van der Waals surface area contributed by atoms with Gasteiger partial charge in [0.15, 0.2) is 5.89 Å². The summed E-state index contributed by atoms with van der Waals surface area (Å²) in [5, 5.41) is 11.0. The van der Waals surface area contributed by atoms with E-state index in [1.165, 1.54) is 0 Å². The Hall–Kier alpha value is -2.15. The van der Waals surface area contributed by atoms with Gasteiger partial charge in [0.2, 0.25) is 5.91 Å². The lowest BCUT2D eigenvalue weighted by molar-refractivity contribution is -0.124. The summed E-state index contributed by atoms with van der Waals surface area (Å²) in [5.74, 6) is 1.61. The predicted octanol–water partition coefficient (Wildman–Crippen LogP) is 2.18. The molecule has 0 spiro atoms. The van der Waals surface area contributed by atoms with Crippen LogP contribution in [0.3, 0.4) is 0 Å². The second-order valence-electron chi connectivity index (χ2n) is 6.61. The molecule has 3 heterocycles. The molecule has 0 radical (unpaired) electrons. The maximum Gasteiger partial charge on any atom is 0.220 e. The highest BCUT2D eigenvalue weighted by Gasteiger charge is 2.32. The van der Waals surface area contributed by atoms with E-state index in [1.54, 1.807) is 6.20 Å². The number of carbonyl (C=O) groups excluding carboxylic acids is 1. The van der Waals surface area contributed by atoms with Crippen LogP contribution in [0.25, 0.3) is 0 Å². The van der Waals surface area contributed by atoms with Crippen molar-refractivity contribution in [2.75, 3.05) is 0 Å². The molecule has 24 heavy (non-hydrogen) atoms. The van der Waals surface area contributed by atoms with Gasteiger partial charge in [0.25, 0.3) is 0 Å². The number of nitrogens with zero attached hydrogens (tertiary/aromatic N) is 3. The number of oxazole rings is 1. The molecule has 2 N–H and O–H groups in total. The van der Waals surface area contributed by atoms with Crippen molar-refractivity contribution in [2.24, 2.45) is 0 Å². The highest BCUT2D eigenvalue weighted by atomic mass is 16.4. The molecule has 7 heteroatoms. The van der Waals surface area contributed by atoms with Gasteiger partial charge in [-0.05, 0) is 33.3 Å². The van der Waals surface area contributed by atoms with E-state index < -0.39 is 0 Å². The molecule has 1 saturated heterocycles. The van der Waals surface area contributed by atoms with E-state index >= 15 is 0 Å². The largest absolute Gasteiger partial charge is 0.444 e. The molecule has 2 aromatic heterocycles. The van der Waals surface area contributed by atoms with E-state index in [4.69, 9.17) is 4.42 Å². The Morgan fingerprint density at radius 3 is 2.92 bits per heavy atom. The van der Waals surface area contributed by atoms with Gasteiger partial charge < -0.3 is 15.1 Å². The van der Waals surface area contributed by atoms with E-state index in [1.807, 2.05) is 24.6 Å². The van der Waals surface area contributed by atoms with Crippen LogP contribution in [-0.2, 0) is 11.3 Å². The van der Waals surface area contributed by atoms with Crippen molar-refractivity contribution in [2.45, 2.75) is 65.2 Å². The molecule has 0 aliphatic carbocycles. The summed E-state index contributed by atoms with van der Waals surface area (Å²) in [7, 11) is 0. The fraction of sp³-hybridized carbons (Fsp3) is 0.588. The second-order valence-corrected chi connectivity index (χ2v) is 6.61. The van der Waals surface area contributed by atoms with Gasteiger partial charge in [-0.2, -0.15) is 5.10 Å². The quantitative estimate of drug-likeness (QED) is 0.877. The summed E-state index contributed by atoms with van der Waals surface area (Å²) in [6.45, 7) is 8.57. The molecule has 2 atom stereocenters. The Morgan fingerprint density at radius 2 is 2.25 bits per heavy atom. The molecule has 1 fully saturated rings. The standard InChI is InChI=1S/C17H25N5O2/c1-10(2)22-14(7-8-19-22)17-13(5-6-16(23)21-17)18-9-15-11(3)20-12(4)24-15/h7-8,10,13,17-18H,5-6,9H2,1-4H3,(H,21,23)/t13-,17-/m1/s1. The maximum atomic E-state index is 11.9. The Balaban J connectivity index is 1.78. The number of carbonyl (C=O) groups is 1. The third-order valence-corrected chi connectivity index (χ3v) is 4.43.